The predicted octanol–water partition coefficient (Wildman–Crippen LogP) is 3.23. The Morgan fingerprint density at radius 3 is 2.92 bits per heavy atom. The van der Waals surface area contributed by atoms with E-state index in [9.17, 15) is 4.79 Å². The average Bonchev–Trinajstić information content (AvgIpc) is 2.61. The van der Waals surface area contributed by atoms with Crippen LogP contribution in [0.3, 0.4) is 0 Å². The molecule has 0 spiro atoms. The Bertz CT molecular complexity index is 584. The van der Waals surface area contributed by atoms with E-state index in [2.05, 4.69) is 12.2 Å². The molecule has 1 saturated heterocycles. The number of nitrogens with one attached hydrogen (secondary N) is 1. The van der Waals surface area contributed by atoms with E-state index in [1.54, 1.807) is 0 Å². The summed E-state index contributed by atoms with van der Waals surface area (Å²) in [5.74, 6) is 0.625. The summed E-state index contributed by atoms with van der Waals surface area (Å²) in [6.45, 7) is 3.96. The first-order valence-electron chi connectivity index (χ1n) is 9.44. The Hall–Kier alpha value is -1.43. The minimum atomic E-state index is -0.830. The third-order valence-corrected chi connectivity index (χ3v) is 5.40. The first kappa shape index (κ1) is 18.4. The van der Waals surface area contributed by atoms with Gasteiger partial charge in [0, 0.05) is 18.9 Å². The van der Waals surface area contributed by atoms with Gasteiger partial charge >= 0.3 is 0 Å². The van der Waals surface area contributed by atoms with Gasteiger partial charge in [0.2, 0.25) is 5.91 Å². The van der Waals surface area contributed by atoms with Crippen LogP contribution in [0.15, 0.2) is 24.3 Å². The van der Waals surface area contributed by atoms with Crippen molar-refractivity contribution < 1.29 is 14.3 Å². The minimum Gasteiger partial charge on any atom is -0.381 e. The van der Waals surface area contributed by atoms with Crippen LogP contribution in [0.25, 0.3) is 0 Å². The normalized spacial score (nSPS) is 26.2. The molecule has 5 heteroatoms. The van der Waals surface area contributed by atoms with Gasteiger partial charge in [-0.25, -0.2) is 0 Å². The van der Waals surface area contributed by atoms with Crippen molar-refractivity contribution in [3.63, 3.8) is 0 Å². The molecule has 1 aromatic rings. The van der Waals surface area contributed by atoms with Crippen molar-refractivity contribution in [1.82, 2.24) is 0 Å². The monoisotopic (exact) mass is 346 g/mol. The average molecular weight is 346 g/mol. The molecule has 1 aliphatic heterocycles. The number of ether oxygens (including phenoxy) is 2. The fraction of sp³-hybridized carbons (Fsp3) is 0.650. The molecule has 1 aliphatic carbocycles. The summed E-state index contributed by atoms with van der Waals surface area (Å²) < 4.78 is 11.4. The van der Waals surface area contributed by atoms with Crippen molar-refractivity contribution >= 4 is 11.6 Å². The quantitative estimate of drug-likeness (QED) is 0.858. The molecule has 0 bridgehead atoms. The number of anilines is 1. The Morgan fingerprint density at radius 1 is 1.36 bits per heavy atom. The highest BCUT2D eigenvalue weighted by molar-refractivity contribution is 5.98. The van der Waals surface area contributed by atoms with Gasteiger partial charge in [-0.2, -0.15) is 0 Å². The lowest BCUT2D eigenvalue weighted by atomic mass is 9.89. The smallest absolute Gasteiger partial charge is 0.244 e. The Morgan fingerprint density at radius 2 is 2.16 bits per heavy atom. The van der Waals surface area contributed by atoms with Crippen LogP contribution in [-0.4, -0.2) is 30.8 Å². The Kier molecular flexibility index (Phi) is 6.10. The number of benzene rings is 1. The molecule has 0 radical (unpaired) electrons. The summed E-state index contributed by atoms with van der Waals surface area (Å²) in [6, 6.07) is 7.86. The lowest BCUT2D eigenvalue weighted by molar-refractivity contribution is -0.124. The maximum atomic E-state index is 12.5. The molecular weight excluding hydrogens is 316 g/mol. The zero-order valence-corrected chi connectivity index (χ0v) is 15.1. The largest absolute Gasteiger partial charge is 0.381 e. The summed E-state index contributed by atoms with van der Waals surface area (Å²) in [5, 5.41) is 2.96. The lowest BCUT2D eigenvalue weighted by Crippen LogP contribution is -2.54. The molecule has 2 fully saturated rings. The molecule has 138 valence electrons. The van der Waals surface area contributed by atoms with Crippen LogP contribution in [0.5, 0.6) is 0 Å². The van der Waals surface area contributed by atoms with E-state index in [-0.39, 0.29) is 5.91 Å². The summed E-state index contributed by atoms with van der Waals surface area (Å²) in [6.07, 6.45) is 6.34. The van der Waals surface area contributed by atoms with Gasteiger partial charge in [-0.05, 0) is 49.3 Å². The Balaban J connectivity index is 1.55. The first-order chi connectivity index (χ1) is 12.0. The van der Waals surface area contributed by atoms with E-state index in [4.69, 9.17) is 15.2 Å². The number of hydrogen-bond acceptors (Lipinski definition) is 4. The van der Waals surface area contributed by atoms with Crippen LogP contribution in [0, 0.1) is 5.92 Å². The van der Waals surface area contributed by atoms with Gasteiger partial charge in [0.05, 0.1) is 12.7 Å². The van der Waals surface area contributed by atoms with Crippen LogP contribution in [-0.2, 0) is 20.9 Å². The van der Waals surface area contributed by atoms with Crippen LogP contribution in [0.1, 0.15) is 51.0 Å². The second-order valence-corrected chi connectivity index (χ2v) is 7.63. The summed E-state index contributed by atoms with van der Waals surface area (Å²) in [4.78, 5) is 12.5. The van der Waals surface area contributed by atoms with Crippen molar-refractivity contribution in [3.8, 4) is 0 Å². The van der Waals surface area contributed by atoms with Crippen LogP contribution in [0.2, 0.25) is 0 Å². The third kappa shape index (κ3) is 5.03. The molecule has 3 N–H and O–H groups in total. The van der Waals surface area contributed by atoms with Gasteiger partial charge in [0.15, 0.2) is 0 Å². The van der Waals surface area contributed by atoms with Crippen LogP contribution < -0.4 is 11.1 Å². The van der Waals surface area contributed by atoms with Crippen molar-refractivity contribution in [1.29, 1.82) is 0 Å². The number of nitrogens with two attached hydrogens (primary N) is 1. The molecule has 5 nitrogen and oxygen atoms in total. The number of carbonyl (C=O) groups is 1. The minimum absolute atomic E-state index is 0.130. The molecular formula is C20H30N2O3. The first-order valence-corrected chi connectivity index (χ1v) is 9.44. The van der Waals surface area contributed by atoms with Crippen molar-refractivity contribution in [2.24, 2.45) is 11.7 Å². The van der Waals surface area contributed by atoms with Gasteiger partial charge in [-0.15, -0.1) is 0 Å². The van der Waals surface area contributed by atoms with Gasteiger partial charge in [-0.3, -0.25) is 4.79 Å². The highest BCUT2D eigenvalue weighted by Crippen LogP contribution is 2.27. The molecule has 1 saturated carbocycles. The van der Waals surface area contributed by atoms with Crippen molar-refractivity contribution in [2.45, 2.75) is 63.7 Å². The summed E-state index contributed by atoms with van der Waals surface area (Å²) >= 11 is 0. The second kappa shape index (κ2) is 8.30. The molecule has 1 aromatic carbocycles. The van der Waals surface area contributed by atoms with Crippen molar-refractivity contribution in [3.05, 3.63) is 29.8 Å². The zero-order valence-electron chi connectivity index (χ0n) is 15.1. The number of amides is 1. The second-order valence-electron chi connectivity index (χ2n) is 7.63. The van der Waals surface area contributed by atoms with E-state index >= 15 is 0 Å². The maximum absolute atomic E-state index is 12.5. The van der Waals surface area contributed by atoms with Gasteiger partial charge < -0.3 is 20.5 Å². The molecule has 2 atom stereocenters. The summed E-state index contributed by atoms with van der Waals surface area (Å²) in [7, 11) is 0. The van der Waals surface area contributed by atoms with Crippen LogP contribution >= 0.6 is 0 Å². The highest BCUT2D eigenvalue weighted by atomic mass is 16.5. The molecule has 3 rings (SSSR count). The molecule has 25 heavy (non-hydrogen) atoms. The fourth-order valence-corrected chi connectivity index (χ4v) is 3.70. The Labute approximate surface area is 150 Å². The SMILES string of the molecule is CC1CCCC(OCc2cccc(NC(=O)C3(N)CCOCC3)c2)C1. The molecule has 2 aliphatic rings. The standard InChI is InChI=1S/C20H30N2O3/c1-15-4-2-7-18(12-15)25-14-16-5-3-6-17(13-16)22-19(23)20(21)8-10-24-11-9-20/h3,5-6,13,15,18H,2,4,7-12,14,21H2,1H3,(H,22,23). The van der Waals surface area contributed by atoms with E-state index in [1.807, 2.05) is 24.3 Å². The number of carbonyl (C=O) groups excluding carboxylic acids is 1. The highest BCUT2D eigenvalue weighted by Gasteiger charge is 2.35. The number of hydrogen-bond donors (Lipinski definition) is 2. The molecule has 1 amide bonds. The molecule has 0 aromatic heterocycles. The number of rotatable bonds is 5. The summed E-state index contributed by atoms with van der Waals surface area (Å²) in [5.41, 5.74) is 7.27. The topological polar surface area (TPSA) is 73.6 Å². The van der Waals surface area contributed by atoms with E-state index < -0.39 is 5.54 Å². The van der Waals surface area contributed by atoms with Crippen molar-refractivity contribution in [2.75, 3.05) is 18.5 Å². The third-order valence-electron chi connectivity index (χ3n) is 5.40. The lowest BCUT2D eigenvalue weighted by Gasteiger charge is -2.31. The molecule has 1 heterocycles. The van der Waals surface area contributed by atoms with Crippen LogP contribution in [0.4, 0.5) is 5.69 Å². The molecule has 2 unspecified atom stereocenters. The van der Waals surface area contributed by atoms with Gasteiger partial charge in [0.25, 0.3) is 0 Å². The van der Waals surface area contributed by atoms with E-state index in [0.29, 0.717) is 38.8 Å². The van der Waals surface area contributed by atoms with Gasteiger partial charge in [0.1, 0.15) is 5.54 Å². The van der Waals surface area contributed by atoms with E-state index in [1.165, 1.54) is 12.8 Å². The fourth-order valence-electron chi connectivity index (χ4n) is 3.70. The van der Waals surface area contributed by atoms with E-state index in [0.717, 1.165) is 30.0 Å². The zero-order chi connectivity index (χ0) is 17.7. The predicted molar refractivity (Wildman–Crippen MR) is 98.3 cm³/mol. The maximum Gasteiger partial charge on any atom is 0.244 e. The van der Waals surface area contributed by atoms with Gasteiger partial charge in [-0.1, -0.05) is 31.9 Å².